The molecule has 3 rings (SSSR count). The Hall–Kier alpha value is -2.90. The van der Waals surface area contributed by atoms with Crippen molar-refractivity contribution in [2.75, 3.05) is 25.0 Å². The van der Waals surface area contributed by atoms with Crippen molar-refractivity contribution in [3.63, 3.8) is 0 Å². The van der Waals surface area contributed by atoms with E-state index in [2.05, 4.69) is 15.7 Å². The number of likely N-dealkylation sites (tertiary alicyclic amines) is 1. The number of rotatable bonds is 6. The number of benzene rings is 1. The van der Waals surface area contributed by atoms with Crippen molar-refractivity contribution < 1.29 is 14.0 Å². The standard InChI is InChI=1S/C21H28FN5O2/c1-15-11-16(2)27(25-15)10-8-20(28)26-9-4-5-17(14-26)13-23-21(29)24-19-7-3-6-18(22)12-19/h3,6-7,11-12,17H,4-5,8-10,13-14H2,1-2H3,(H2,23,24,29). The molecule has 0 spiro atoms. The molecule has 2 heterocycles. The number of carbonyl (C=O) groups is 2. The lowest BCUT2D eigenvalue weighted by Gasteiger charge is -2.33. The van der Waals surface area contributed by atoms with Crippen LogP contribution in [0.4, 0.5) is 14.9 Å². The molecule has 1 aromatic carbocycles. The third-order valence-electron chi connectivity index (χ3n) is 5.15. The van der Waals surface area contributed by atoms with Gasteiger partial charge in [0.1, 0.15) is 5.82 Å². The Bertz CT molecular complexity index is 867. The minimum absolute atomic E-state index is 0.117. The summed E-state index contributed by atoms with van der Waals surface area (Å²) in [4.78, 5) is 26.5. The summed E-state index contributed by atoms with van der Waals surface area (Å²) in [6.07, 6.45) is 2.30. The lowest BCUT2D eigenvalue weighted by molar-refractivity contribution is -0.133. The molecule has 0 radical (unpaired) electrons. The topological polar surface area (TPSA) is 79.3 Å². The number of piperidine rings is 1. The number of aromatic nitrogens is 2. The van der Waals surface area contributed by atoms with Gasteiger partial charge in [-0.05, 0) is 56.9 Å². The summed E-state index contributed by atoms with van der Waals surface area (Å²) in [7, 11) is 0. The molecule has 1 aromatic heterocycles. The van der Waals surface area contributed by atoms with E-state index in [0.717, 1.165) is 30.8 Å². The average molecular weight is 401 g/mol. The third kappa shape index (κ3) is 6.04. The number of nitrogens with one attached hydrogen (secondary N) is 2. The molecule has 1 unspecified atom stereocenters. The van der Waals surface area contributed by atoms with Crippen molar-refractivity contribution in [2.45, 2.75) is 39.7 Å². The molecule has 1 atom stereocenters. The second-order valence-electron chi connectivity index (χ2n) is 7.59. The van der Waals surface area contributed by atoms with E-state index in [1.54, 1.807) is 12.1 Å². The van der Waals surface area contributed by atoms with Crippen molar-refractivity contribution in [3.05, 3.63) is 47.5 Å². The van der Waals surface area contributed by atoms with Gasteiger partial charge in [-0.2, -0.15) is 5.10 Å². The first-order valence-corrected chi connectivity index (χ1v) is 10.00. The molecule has 8 heteroatoms. The Kier molecular flexibility index (Phi) is 6.85. The maximum atomic E-state index is 13.2. The second-order valence-corrected chi connectivity index (χ2v) is 7.59. The van der Waals surface area contributed by atoms with Crippen LogP contribution in [0.5, 0.6) is 0 Å². The summed E-state index contributed by atoms with van der Waals surface area (Å²) in [5, 5.41) is 9.84. The van der Waals surface area contributed by atoms with Gasteiger partial charge >= 0.3 is 6.03 Å². The molecule has 0 aliphatic carbocycles. The highest BCUT2D eigenvalue weighted by atomic mass is 19.1. The third-order valence-corrected chi connectivity index (χ3v) is 5.15. The Morgan fingerprint density at radius 1 is 1.28 bits per heavy atom. The molecule has 156 valence electrons. The fourth-order valence-electron chi connectivity index (χ4n) is 3.70. The van der Waals surface area contributed by atoms with Crippen LogP contribution in [0.1, 0.15) is 30.7 Å². The number of urea groups is 1. The fourth-order valence-corrected chi connectivity index (χ4v) is 3.70. The molecule has 3 amide bonds. The van der Waals surface area contributed by atoms with Gasteiger partial charge in [0.05, 0.1) is 5.69 Å². The number of carbonyl (C=O) groups excluding carboxylic acids is 2. The van der Waals surface area contributed by atoms with E-state index >= 15 is 0 Å². The Balaban J connectivity index is 1.43. The Labute approximate surface area is 170 Å². The molecule has 1 aliphatic rings. The first-order valence-electron chi connectivity index (χ1n) is 10.00. The first kappa shape index (κ1) is 20.8. The van der Waals surface area contributed by atoms with Crippen molar-refractivity contribution in [1.29, 1.82) is 0 Å². The highest BCUT2D eigenvalue weighted by molar-refractivity contribution is 5.89. The van der Waals surface area contributed by atoms with Crippen LogP contribution in [0, 0.1) is 25.6 Å². The highest BCUT2D eigenvalue weighted by Crippen LogP contribution is 2.17. The molecule has 1 aliphatic heterocycles. The number of hydrogen-bond donors (Lipinski definition) is 2. The van der Waals surface area contributed by atoms with Crippen LogP contribution in [0.2, 0.25) is 0 Å². The van der Waals surface area contributed by atoms with Crippen LogP contribution in [-0.4, -0.2) is 46.3 Å². The van der Waals surface area contributed by atoms with Gasteiger partial charge in [0.25, 0.3) is 0 Å². The van der Waals surface area contributed by atoms with Gasteiger partial charge in [-0.3, -0.25) is 9.48 Å². The predicted molar refractivity (Wildman–Crippen MR) is 109 cm³/mol. The zero-order valence-corrected chi connectivity index (χ0v) is 16.9. The minimum atomic E-state index is -0.398. The van der Waals surface area contributed by atoms with Gasteiger partial charge in [-0.1, -0.05) is 6.07 Å². The highest BCUT2D eigenvalue weighted by Gasteiger charge is 2.24. The number of hydrogen-bond acceptors (Lipinski definition) is 3. The lowest BCUT2D eigenvalue weighted by Crippen LogP contribution is -2.44. The summed E-state index contributed by atoms with van der Waals surface area (Å²) in [5.74, 6) is -0.0733. The van der Waals surface area contributed by atoms with E-state index in [1.165, 1.54) is 12.1 Å². The maximum Gasteiger partial charge on any atom is 0.319 e. The second kappa shape index (κ2) is 9.54. The van der Waals surface area contributed by atoms with E-state index in [0.29, 0.717) is 31.7 Å². The molecule has 7 nitrogen and oxygen atoms in total. The minimum Gasteiger partial charge on any atom is -0.342 e. The van der Waals surface area contributed by atoms with Crippen LogP contribution in [0.15, 0.2) is 30.3 Å². The summed E-state index contributed by atoms with van der Waals surface area (Å²) in [6.45, 7) is 6.37. The number of aryl methyl sites for hydroxylation is 3. The van der Waals surface area contributed by atoms with Gasteiger partial charge in [-0.15, -0.1) is 0 Å². The van der Waals surface area contributed by atoms with Crippen LogP contribution in [-0.2, 0) is 11.3 Å². The molecule has 0 saturated carbocycles. The SMILES string of the molecule is Cc1cc(C)n(CCC(=O)N2CCCC(CNC(=O)Nc3cccc(F)c3)C2)n1. The largest absolute Gasteiger partial charge is 0.342 e. The van der Waals surface area contributed by atoms with Gasteiger partial charge < -0.3 is 15.5 Å². The number of nitrogens with zero attached hydrogens (tertiary/aromatic N) is 3. The molecule has 2 aromatic rings. The average Bonchev–Trinajstić information content (AvgIpc) is 3.02. The summed E-state index contributed by atoms with van der Waals surface area (Å²) >= 11 is 0. The molecule has 1 saturated heterocycles. The zero-order valence-electron chi connectivity index (χ0n) is 16.9. The van der Waals surface area contributed by atoms with Crippen LogP contribution < -0.4 is 10.6 Å². The van der Waals surface area contributed by atoms with E-state index in [9.17, 15) is 14.0 Å². The van der Waals surface area contributed by atoms with Crippen LogP contribution >= 0.6 is 0 Å². The maximum absolute atomic E-state index is 13.2. The summed E-state index contributed by atoms with van der Waals surface area (Å²) < 4.78 is 15.1. The molecule has 1 fully saturated rings. The van der Waals surface area contributed by atoms with Crippen molar-refractivity contribution in [1.82, 2.24) is 20.0 Å². The quantitative estimate of drug-likeness (QED) is 0.781. The molecule has 2 N–H and O–H groups in total. The predicted octanol–water partition coefficient (Wildman–Crippen LogP) is 3.09. The normalized spacial score (nSPS) is 16.5. The van der Waals surface area contributed by atoms with Crippen molar-refractivity contribution in [2.24, 2.45) is 5.92 Å². The van der Waals surface area contributed by atoms with Crippen LogP contribution in [0.25, 0.3) is 0 Å². The Morgan fingerprint density at radius 3 is 2.83 bits per heavy atom. The van der Waals surface area contributed by atoms with E-state index in [4.69, 9.17) is 0 Å². The van der Waals surface area contributed by atoms with E-state index in [-0.39, 0.29) is 17.9 Å². The molecular weight excluding hydrogens is 373 g/mol. The van der Waals surface area contributed by atoms with Crippen LogP contribution in [0.3, 0.4) is 0 Å². The zero-order chi connectivity index (χ0) is 20.8. The van der Waals surface area contributed by atoms with Crippen molar-refractivity contribution >= 4 is 17.6 Å². The fraction of sp³-hybridized carbons (Fsp3) is 0.476. The Morgan fingerprint density at radius 2 is 2.10 bits per heavy atom. The summed E-state index contributed by atoms with van der Waals surface area (Å²) in [5.41, 5.74) is 2.42. The lowest BCUT2D eigenvalue weighted by atomic mass is 9.98. The van der Waals surface area contributed by atoms with Gasteiger partial charge in [0.2, 0.25) is 5.91 Å². The van der Waals surface area contributed by atoms with E-state index in [1.807, 2.05) is 29.5 Å². The molecular formula is C21H28FN5O2. The number of anilines is 1. The number of amides is 3. The van der Waals surface area contributed by atoms with E-state index < -0.39 is 5.82 Å². The first-order chi connectivity index (χ1) is 13.9. The van der Waals surface area contributed by atoms with Gasteiger partial charge in [0, 0.05) is 44.0 Å². The summed E-state index contributed by atoms with van der Waals surface area (Å²) in [6, 6.07) is 7.40. The smallest absolute Gasteiger partial charge is 0.319 e. The molecule has 0 bridgehead atoms. The monoisotopic (exact) mass is 401 g/mol. The van der Waals surface area contributed by atoms with Gasteiger partial charge in [0.15, 0.2) is 0 Å². The molecule has 29 heavy (non-hydrogen) atoms. The van der Waals surface area contributed by atoms with Gasteiger partial charge in [-0.25, -0.2) is 9.18 Å². The number of halogens is 1. The van der Waals surface area contributed by atoms with Crippen molar-refractivity contribution in [3.8, 4) is 0 Å².